The fraction of sp³-hybridized carbons (Fsp3) is 0.278. The van der Waals surface area contributed by atoms with Crippen LogP contribution >= 0.6 is 11.6 Å². The summed E-state index contributed by atoms with van der Waals surface area (Å²) in [6, 6.07) is 12.5. The topological polar surface area (TPSA) is 62.3 Å². The Morgan fingerprint density at radius 1 is 1.33 bits per heavy atom. The Kier molecular flexibility index (Phi) is 4.81. The van der Waals surface area contributed by atoms with Gasteiger partial charge in [0.1, 0.15) is 0 Å². The lowest BCUT2D eigenvalue weighted by Crippen LogP contribution is -2.34. The van der Waals surface area contributed by atoms with E-state index in [0.29, 0.717) is 11.6 Å². The number of nitrogens with one attached hydrogen (secondary N) is 1. The third kappa shape index (κ3) is 3.41. The maximum Gasteiger partial charge on any atom is 0.226 e. The van der Waals surface area contributed by atoms with Gasteiger partial charge < -0.3 is 10.2 Å². The summed E-state index contributed by atoms with van der Waals surface area (Å²) in [5.74, 6) is -0.633. The predicted molar refractivity (Wildman–Crippen MR) is 91.2 cm³/mol. The zero-order valence-electron chi connectivity index (χ0n) is 13.3. The molecule has 1 aliphatic heterocycles. The predicted octanol–water partition coefficient (Wildman–Crippen LogP) is 2.57. The zero-order valence-corrected chi connectivity index (χ0v) is 14.0. The highest BCUT2D eigenvalue weighted by molar-refractivity contribution is 6.30. The van der Waals surface area contributed by atoms with Crippen LogP contribution in [0.25, 0.3) is 0 Å². The van der Waals surface area contributed by atoms with Gasteiger partial charge in [0.2, 0.25) is 11.8 Å². The summed E-state index contributed by atoms with van der Waals surface area (Å²) in [5.41, 5.74) is 1.65. The Balaban J connectivity index is 1.77. The number of nitrogens with zero attached hydrogens (tertiary/aromatic N) is 2. The average Bonchev–Trinajstić information content (AvgIpc) is 2.89. The van der Waals surface area contributed by atoms with Crippen LogP contribution in [0.3, 0.4) is 0 Å². The number of aromatic nitrogens is 1. The van der Waals surface area contributed by atoms with Crippen molar-refractivity contribution in [2.45, 2.75) is 19.0 Å². The van der Waals surface area contributed by atoms with Crippen molar-refractivity contribution >= 4 is 23.4 Å². The first kappa shape index (κ1) is 16.5. The number of pyridine rings is 1. The third-order valence-electron chi connectivity index (χ3n) is 4.28. The van der Waals surface area contributed by atoms with E-state index >= 15 is 0 Å². The number of halogens is 1. The van der Waals surface area contributed by atoms with Gasteiger partial charge in [0.25, 0.3) is 0 Å². The van der Waals surface area contributed by atoms with Gasteiger partial charge in [-0.3, -0.25) is 14.6 Å². The van der Waals surface area contributed by atoms with Gasteiger partial charge in [0, 0.05) is 24.7 Å². The average molecular weight is 344 g/mol. The molecule has 6 heteroatoms. The lowest BCUT2D eigenvalue weighted by molar-refractivity contribution is -0.128. The molecule has 0 aliphatic carbocycles. The molecule has 2 unspecified atom stereocenters. The Hall–Kier alpha value is -2.40. The highest BCUT2D eigenvalue weighted by Gasteiger charge is 2.42. The van der Waals surface area contributed by atoms with Crippen LogP contribution in [0.1, 0.15) is 23.7 Å². The molecule has 2 atom stereocenters. The second-order valence-corrected chi connectivity index (χ2v) is 6.29. The van der Waals surface area contributed by atoms with Crippen LogP contribution in [0.2, 0.25) is 5.02 Å². The van der Waals surface area contributed by atoms with Crippen molar-refractivity contribution in [1.29, 1.82) is 0 Å². The Morgan fingerprint density at radius 3 is 2.88 bits per heavy atom. The van der Waals surface area contributed by atoms with Crippen molar-refractivity contribution in [3.63, 3.8) is 0 Å². The normalized spacial score (nSPS) is 20.2. The second kappa shape index (κ2) is 7.01. The molecule has 3 rings (SSSR count). The molecule has 1 saturated heterocycles. The second-order valence-electron chi connectivity index (χ2n) is 5.85. The van der Waals surface area contributed by atoms with Gasteiger partial charge in [-0.2, -0.15) is 0 Å². The number of carbonyl (C=O) groups excluding carboxylic acids is 2. The van der Waals surface area contributed by atoms with E-state index in [1.807, 2.05) is 30.3 Å². The molecule has 24 heavy (non-hydrogen) atoms. The molecular weight excluding hydrogens is 326 g/mol. The molecule has 0 spiro atoms. The Bertz CT molecular complexity index is 751. The molecule has 124 valence electrons. The van der Waals surface area contributed by atoms with Crippen LogP contribution in [0.15, 0.2) is 48.7 Å². The van der Waals surface area contributed by atoms with Gasteiger partial charge >= 0.3 is 0 Å². The maximum absolute atomic E-state index is 12.6. The molecule has 1 N–H and O–H groups in total. The van der Waals surface area contributed by atoms with E-state index in [9.17, 15) is 9.59 Å². The van der Waals surface area contributed by atoms with Crippen LogP contribution in [0, 0.1) is 5.92 Å². The number of likely N-dealkylation sites (tertiary alicyclic amines) is 1. The Morgan fingerprint density at radius 2 is 2.17 bits per heavy atom. The number of amides is 2. The van der Waals surface area contributed by atoms with Gasteiger partial charge in [-0.1, -0.05) is 29.8 Å². The first-order valence-corrected chi connectivity index (χ1v) is 8.13. The van der Waals surface area contributed by atoms with Crippen LogP contribution in [0.4, 0.5) is 0 Å². The summed E-state index contributed by atoms with van der Waals surface area (Å²) in [4.78, 5) is 30.6. The summed E-state index contributed by atoms with van der Waals surface area (Å²) >= 11 is 6.06. The highest BCUT2D eigenvalue weighted by atomic mass is 35.5. The van der Waals surface area contributed by atoms with Gasteiger partial charge in [-0.25, -0.2) is 0 Å². The molecule has 0 bridgehead atoms. The van der Waals surface area contributed by atoms with Crippen molar-refractivity contribution in [2.24, 2.45) is 5.92 Å². The molecule has 1 fully saturated rings. The maximum atomic E-state index is 12.6. The molecule has 5 nitrogen and oxygen atoms in total. The smallest absolute Gasteiger partial charge is 0.226 e. The lowest BCUT2D eigenvalue weighted by atomic mass is 9.93. The molecule has 1 aromatic carbocycles. The minimum absolute atomic E-state index is 0.0436. The monoisotopic (exact) mass is 343 g/mol. The van der Waals surface area contributed by atoms with Crippen LogP contribution in [-0.2, 0) is 16.1 Å². The first-order chi connectivity index (χ1) is 11.6. The van der Waals surface area contributed by atoms with E-state index in [4.69, 9.17) is 11.6 Å². The summed E-state index contributed by atoms with van der Waals surface area (Å²) < 4.78 is 0. The van der Waals surface area contributed by atoms with E-state index in [1.165, 1.54) is 0 Å². The summed E-state index contributed by atoms with van der Waals surface area (Å²) in [6.45, 7) is 0.344. The number of rotatable bonds is 4. The molecule has 0 saturated carbocycles. The zero-order chi connectivity index (χ0) is 17.1. The molecule has 2 amide bonds. The molecule has 1 aliphatic rings. The van der Waals surface area contributed by atoms with Crippen LogP contribution in [-0.4, -0.2) is 28.7 Å². The van der Waals surface area contributed by atoms with Crippen molar-refractivity contribution in [3.05, 3.63) is 64.9 Å². The van der Waals surface area contributed by atoms with E-state index in [0.717, 1.165) is 11.3 Å². The quantitative estimate of drug-likeness (QED) is 0.928. The van der Waals surface area contributed by atoms with E-state index in [2.05, 4.69) is 10.3 Å². The lowest BCUT2D eigenvalue weighted by Gasteiger charge is -2.25. The van der Waals surface area contributed by atoms with Crippen LogP contribution in [0.5, 0.6) is 0 Å². The fourth-order valence-electron chi connectivity index (χ4n) is 3.06. The standard InChI is InChI=1S/C18H18ClN3O2/c1-22-16(23)10-15(17(22)12-5-4-6-13(19)9-12)18(24)21-11-14-7-2-3-8-20-14/h2-9,15,17H,10-11H2,1H3,(H,21,24). The van der Waals surface area contributed by atoms with E-state index in [1.54, 1.807) is 30.3 Å². The fourth-order valence-corrected chi connectivity index (χ4v) is 3.26. The summed E-state index contributed by atoms with van der Waals surface area (Å²) in [5, 5.41) is 3.47. The Labute approximate surface area is 145 Å². The van der Waals surface area contributed by atoms with E-state index < -0.39 is 5.92 Å². The van der Waals surface area contributed by atoms with Crippen molar-refractivity contribution < 1.29 is 9.59 Å². The van der Waals surface area contributed by atoms with E-state index in [-0.39, 0.29) is 24.3 Å². The first-order valence-electron chi connectivity index (χ1n) is 7.75. The molecule has 2 heterocycles. The minimum atomic E-state index is -0.440. The van der Waals surface area contributed by atoms with Gasteiger partial charge in [0.05, 0.1) is 24.2 Å². The minimum Gasteiger partial charge on any atom is -0.350 e. The summed E-state index contributed by atoms with van der Waals surface area (Å²) in [7, 11) is 1.72. The number of carbonyl (C=O) groups is 2. The third-order valence-corrected chi connectivity index (χ3v) is 4.52. The van der Waals surface area contributed by atoms with Crippen LogP contribution < -0.4 is 5.32 Å². The van der Waals surface area contributed by atoms with Crippen molar-refractivity contribution in [2.75, 3.05) is 7.05 Å². The number of hydrogen-bond donors (Lipinski definition) is 1. The number of hydrogen-bond acceptors (Lipinski definition) is 3. The van der Waals surface area contributed by atoms with Gasteiger partial charge in [0.15, 0.2) is 0 Å². The van der Waals surface area contributed by atoms with Gasteiger partial charge in [-0.05, 0) is 29.8 Å². The molecule has 1 aromatic heterocycles. The molecule has 0 radical (unpaired) electrons. The summed E-state index contributed by atoms with van der Waals surface area (Å²) in [6.07, 6.45) is 1.88. The SMILES string of the molecule is CN1C(=O)CC(C(=O)NCc2ccccn2)C1c1cccc(Cl)c1. The number of benzene rings is 1. The molecule has 2 aromatic rings. The molecular formula is C18H18ClN3O2. The van der Waals surface area contributed by atoms with Crippen molar-refractivity contribution in [3.8, 4) is 0 Å². The van der Waals surface area contributed by atoms with Gasteiger partial charge in [-0.15, -0.1) is 0 Å². The largest absolute Gasteiger partial charge is 0.350 e. The highest BCUT2D eigenvalue weighted by Crippen LogP contribution is 2.37. The van der Waals surface area contributed by atoms with Crippen molar-refractivity contribution in [1.82, 2.24) is 15.2 Å².